The van der Waals surface area contributed by atoms with Gasteiger partial charge in [-0.3, -0.25) is 19.7 Å². The van der Waals surface area contributed by atoms with Crippen LogP contribution in [0.5, 0.6) is 11.5 Å². The van der Waals surface area contributed by atoms with E-state index >= 15 is 0 Å². The number of benzene rings is 3. The van der Waals surface area contributed by atoms with Crippen molar-refractivity contribution in [2.45, 2.75) is 25.9 Å². The molecular weight excluding hydrogens is 488 g/mol. The maximum Gasteiger partial charge on any atom is 0.271 e. The van der Waals surface area contributed by atoms with E-state index < -0.39 is 10.8 Å². The number of hydrogen-bond acceptors (Lipinski definition) is 7. The molecule has 0 saturated carbocycles. The van der Waals surface area contributed by atoms with Gasteiger partial charge < -0.3 is 14.4 Å². The molecule has 0 aromatic heterocycles. The summed E-state index contributed by atoms with van der Waals surface area (Å²) in [6.07, 6.45) is 4.72. The number of nitrogens with zero attached hydrogens (tertiary/aromatic N) is 3. The van der Waals surface area contributed by atoms with Gasteiger partial charge in [0.1, 0.15) is 6.61 Å². The van der Waals surface area contributed by atoms with Gasteiger partial charge in [0.2, 0.25) is 0 Å². The molecule has 196 valence electrons. The Morgan fingerprint density at radius 2 is 1.76 bits per heavy atom. The molecule has 2 amide bonds. The second-order valence-corrected chi connectivity index (χ2v) is 8.76. The highest BCUT2D eigenvalue weighted by atomic mass is 16.6. The van der Waals surface area contributed by atoms with E-state index in [4.69, 9.17) is 9.47 Å². The second kappa shape index (κ2) is 12.5. The molecule has 1 aliphatic heterocycles. The number of methoxy groups -OCH3 is 1. The van der Waals surface area contributed by atoms with Crippen LogP contribution >= 0.6 is 0 Å². The van der Waals surface area contributed by atoms with Crippen LogP contribution in [0.4, 0.5) is 5.69 Å². The zero-order valence-corrected chi connectivity index (χ0v) is 21.0. The molecule has 1 N–H and O–H groups in total. The molecule has 0 radical (unpaired) electrons. The summed E-state index contributed by atoms with van der Waals surface area (Å²) in [6, 6.07) is 18.0. The van der Waals surface area contributed by atoms with Crippen LogP contribution in [0.3, 0.4) is 0 Å². The summed E-state index contributed by atoms with van der Waals surface area (Å²) in [6.45, 7) is 1.92. The molecule has 1 saturated heterocycles. The van der Waals surface area contributed by atoms with Crippen molar-refractivity contribution in [2.75, 3.05) is 20.2 Å². The molecular formula is C28H28N4O6. The third-order valence-electron chi connectivity index (χ3n) is 6.13. The Balaban J connectivity index is 1.33. The van der Waals surface area contributed by atoms with E-state index in [0.717, 1.165) is 31.5 Å². The predicted octanol–water partition coefficient (Wildman–Crippen LogP) is 4.57. The number of hydrazone groups is 1. The minimum atomic E-state index is -0.569. The molecule has 0 unspecified atom stereocenters. The Hall–Kier alpha value is -4.73. The van der Waals surface area contributed by atoms with Gasteiger partial charge in [-0.05, 0) is 66.8 Å². The van der Waals surface area contributed by atoms with Crippen LogP contribution in [0.1, 0.15) is 51.1 Å². The Bertz CT molecular complexity index is 1330. The first-order valence-electron chi connectivity index (χ1n) is 12.2. The molecule has 1 heterocycles. The number of carbonyl (C=O) groups excluding carboxylic acids is 2. The summed E-state index contributed by atoms with van der Waals surface area (Å²) in [5.74, 6) is 0.507. The van der Waals surface area contributed by atoms with E-state index in [0.29, 0.717) is 29.2 Å². The van der Waals surface area contributed by atoms with E-state index in [2.05, 4.69) is 10.5 Å². The van der Waals surface area contributed by atoms with Crippen molar-refractivity contribution in [3.63, 3.8) is 0 Å². The first kappa shape index (κ1) is 26.3. The molecule has 0 aliphatic carbocycles. The number of nitrogens with one attached hydrogen (secondary N) is 1. The molecule has 38 heavy (non-hydrogen) atoms. The lowest BCUT2D eigenvalue weighted by Gasteiger charge is -2.26. The molecule has 3 aromatic carbocycles. The third-order valence-corrected chi connectivity index (χ3v) is 6.13. The van der Waals surface area contributed by atoms with E-state index in [1.807, 2.05) is 29.2 Å². The number of ether oxygens (including phenoxy) is 2. The minimum absolute atomic E-state index is 0.0670. The summed E-state index contributed by atoms with van der Waals surface area (Å²) >= 11 is 0. The normalized spacial score (nSPS) is 13.2. The van der Waals surface area contributed by atoms with Crippen LogP contribution in [0.25, 0.3) is 0 Å². The van der Waals surface area contributed by atoms with Crippen LogP contribution in [-0.4, -0.2) is 48.1 Å². The fraction of sp³-hybridized carbons (Fsp3) is 0.250. The van der Waals surface area contributed by atoms with Gasteiger partial charge in [0.25, 0.3) is 17.5 Å². The Morgan fingerprint density at radius 1 is 1.00 bits per heavy atom. The van der Waals surface area contributed by atoms with Crippen LogP contribution in [0, 0.1) is 10.1 Å². The highest BCUT2D eigenvalue weighted by Gasteiger charge is 2.18. The van der Waals surface area contributed by atoms with E-state index in [-0.39, 0.29) is 17.2 Å². The molecule has 0 bridgehead atoms. The smallest absolute Gasteiger partial charge is 0.271 e. The molecule has 1 fully saturated rings. The van der Waals surface area contributed by atoms with Crippen LogP contribution in [0.2, 0.25) is 0 Å². The molecule has 1 aliphatic rings. The summed E-state index contributed by atoms with van der Waals surface area (Å²) in [5, 5.41) is 14.8. The van der Waals surface area contributed by atoms with Crippen molar-refractivity contribution in [3.05, 3.63) is 99.1 Å². The minimum Gasteiger partial charge on any atom is -0.493 e. The number of carbonyl (C=O) groups is 2. The summed E-state index contributed by atoms with van der Waals surface area (Å²) in [5.41, 5.74) is 4.54. The van der Waals surface area contributed by atoms with Gasteiger partial charge in [0.15, 0.2) is 11.5 Å². The lowest BCUT2D eigenvalue weighted by molar-refractivity contribution is -0.384. The zero-order chi connectivity index (χ0) is 26.9. The summed E-state index contributed by atoms with van der Waals surface area (Å²) in [7, 11) is 1.52. The Morgan fingerprint density at radius 3 is 2.47 bits per heavy atom. The van der Waals surface area contributed by atoms with Gasteiger partial charge in [-0.25, -0.2) is 5.43 Å². The molecule has 4 rings (SSSR count). The number of non-ortho nitro benzene ring substituents is 1. The van der Waals surface area contributed by atoms with Crippen molar-refractivity contribution in [3.8, 4) is 11.5 Å². The lowest BCUT2D eigenvalue weighted by Crippen LogP contribution is -2.35. The van der Waals surface area contributed by atoms with Gasteiger partial charge >= 0.3 is 0 Å². The van der Waals surface area contributed by atoms with Gasteiger partial charge in [0, 0.05) is 36.3 Å². The number of likely N-dealkylation sites (tertiary alicyclic amines) is 1. The largest absolute Gasteiger partial charge is 0.493 e. The van der Waals surface area contributed by atoms with Gasteiger partial charge in [-0.15, -0.1) is 0 Å². The summed E-state index contributed by atoms with van der Waals surface area (Å²) in [4.78, 5) is 37.1. The predicted molar refractivity (Wildman–Crippen MR) is 142 cm³/mol. The zero-order valence-electron chi connectivity index (χ0n) is 21.0. The SMILES string of the molecule is COc1cc(/C=N\NC(=O)c2cccc([N+](=O)[O-])c2)ccc1OCc1ccc(C(=O)N2CCCCC2)cc1. The quantitative estimate of drug-likeness (QED) is 0.252. The monoisotopic (exact) mass is 516 g/mol. The van der Waals surface area contributed by atoms with Crippen LogP contribution in [-0.2, 0) is 6.61 Å². The average Bonchev–Trinajstić information content (AvgIpc) is 2.96. The second-order valence-electron chi connectivity index (χ2n) is 8.76. The van der Waals surface area contributed by atoms with Gasteiger partial charge in [-0.1, -0.05) is 18.2 Å². The highest BCUT2D eigenvalue weighted by Crippen LogP contribution is 2.28. The topological polar surface area (TPSA) is 123 Å². The fourth-order valence-electron chi connectivity index (χ4n) is 4.06. The Kier molecular flexibility index (Phi) is 8.65. The number of rotatable bonds is 9. The summed E-state index contributed by atoms with van der Waals surface area (Å²) < 4.78 is 11.4. The number of nitro groups is 1. The van der Waals surface area contributed by atoms with Crippen molar-refractivity contribution in [2.24, 2.45) is 5.10 Å². The molecule has 3 aromatic rings. The first-order chi connectivity index (χ1) is 18.4. The van der Waals surface area contributed by atoms with E-state index in [1.54, 1.807) is 18.2 Å². The number of hydrogen-bond donors (Lipinski definition) is 1. The number of piperidine rings is 1. The Labute approximate surface area is 220 Å². The van der Waals surface area contributed by atoms with Crippen molar-refractivity contribution in [1.82, 2.24) is 10.3 Å². The first-order valence-corrected chi connectivity index (χ1v) is 12.2. The van der Waals surface area contributed by atoms with Crippen LogP contribution < -0.4 is 14.9 Å². The average molecular weight is 517 g/mol. The maximum atomic E-state index is 12.6. The van der Waals surface area contributed by atoms with Gasteiger partial charge in [-0.2, -0.15) is 5.10 Å². The van der Waals surface area contributed by atoms with Crippen molar-refractivity contribution < 1.29 is 24.0 Å². The fourth-order valence-corrected chi connectivity index (χ4v) is 4.06. The van der Waals surface area contributed by atoms with E-state index in [9.17, 15) is 19.7 Å². The van der Waals surface area contributed by atoms with E-state index in [1.165, 1.54) is 44.0 Å². The lowest BCUT2D eigenvalue weighted by atomic mass is 10.1. The molecule has 0 spiro atoms. The maximum absolute atomic E-state index is 12.6. The number of nitro benzene ring substituents is 1. The standard InChI is InChI=1S/C28H28N4O6/c1-37-26-16-21(18-29-30-27(33)23-6-5-7-24(17-23)32(35)36)10-13-25(26)38-19-20-8-11-22(12-9-20)28(34)31-14-3-2-4-15-31/h5-13,16-18H,2-4,14-15,19H2,1H3,(H,30,33)/b29-18-. The molecule has 10 nitrogen and oxygen atoms in total. The van der Waals surface area contributed by atoms with Gasteiger partial charge in [0.05, 0.1) is 18.2 Å². The highest BCUT2D eigenvalue weighted by molar-refractivity contribution is 5.95. The van der Waals surface area contributed by atoms with Crippen molar-refractivity contribution in [1.29, 1.82) is 0 Å². The van der Waals surface area contributed by atoms with Crippen LogP contribution in [0.15, 0.2) is 71.8 Å². The van der Waals surface area contributed by atoms with Crippen molar-refractivity contribution >= 4 is 23.7 Å². The molecule has 10 heteroatoms. The number of amides is 2. The molecule has 0 atom stereocenters. The third kappa shape index (κ3) is 6.73.